The molecule has 0 saturated carbocycles. The molecule has 0 atom stereocenters. The summed E-state index contributed by atoms with van der Waals surface area (Å²) >= 11 is 0. The molecule has 6 heteroatoms. The molecule has 176 valence electrons. The van der Waals surface area contributed by atoms with Gasteiger partial charge in [0, 0.05) is 11.6 Å². The lowest BCUT2D eigenvalue weighted by molar-refractivity contribution is -0.137. The van der Waals surface area contributed by atoms with Gasteiger partial charge in [-0.3, -0.25) is 0 Å². The van der Waals surface area contributed by atoms with Crippen molar-refractivity contribution in [2.75, 3.05) is 13.2 Å². The van der Waals surface area contributed by atoms with Crippen molar-refractivity contribution in [3.05, 3.63) is 77.9 Å². The Hall–Kier alpha value is -3.02. The minimum Gasteiger partial charge on any atom is -0.493 e. The van der Waals surface area contributed by atoms with Crippen LogP contribution in [0.25, 0.3) is 11.1 Å². The quantitative estimate of drug-likeness (QED) is 0.215. The van der Waals surface area contributed by atoms with Crippen LogP contribution in [0, 0.1) is 0 Å². The smallest absolute Gasteiger partial charge is 0.393 e. The van der Waals surface area contributed by atoms with Crippen LogP contribution in [0.1, 0.15) is 55.2 Å². The number of hydrogen-bond donors (Lipinski definition) is 0. The molecule has 0 aromatic heterocycles. The fourth-order valence-electron chi connectivity index (χ4n) is 4.15. The Morgan fingerprint density at radius 3 is 2.45 bits per heavy atom. The van der Waals surface area contributed by atoms with Gasteiger partial charge in [0.05, 0.1) is 19.6 Å². The third-order valence-corrected chi connectivity index (χ3v) is 5.63. The van der Waals surface area contributed by atoms with Crippen LogP contribution >= 0.6 is 0 Å². The Kier molecular flexibility index (Phi) is 8.75. The number of benzene rings is 2. The van der Waals surface area contributed by atoms with E-state index in [0.717, 1.165) is 48.5 Å². The molecular formula is C27H29F3O3. The number of esters is 1. The van der Waals surface area contributed by atoms with E-state index in [-0.39, 0.29) is 0 Å². The number of halogens is 3. The first-order chi connectivity index (χ1) is 15.9. The Morgan fingerprint density at radius 1 is 0.970 bits per heavy atom. The number of ether oxygens (including phenoxy) is 2. The lowest BCUT2D eigenvalue weighted by Crippen LogP contribution is -2.10. The SMILES string of the molecule is C=CC(=O)OCCCCCOc1cccc2c1CCCC(c1ccccc1)=C2CC(F)(F)F. The summed E-state index contributed by atoms with van der Waals surface area (Å²) < 4.78 is 51.7. The molecule has 0 heterocycles. The molecule has 0 spiro atoms. The Bertz CT molecular complexity index is 978. The van der Waals surface area contributed by atoms with Gasteiger partial charge in [0.25, 0.3) is 0 Å². The molecule has 0 unspecified atom stereocenters. The monoisotopic (exact) mass is 458 g/mol. The fraction of sp³-hybridized carbons (Fsp3) is 0.370. The zero-order valence-electron chi connectivity index (χ0n) is 18.6. The second-order valence-corrected chi connectivity index (χ2v) is 8.03. The van der Waals surface area contributed by atoms with Gasteiger partial charge in [-0.1, -0.05) is 49.0 Å². The van der Waals surface area contributed by atoms with E-state index in [9.17, 15) is 18.0 Å². The number of allylic oxidation sites excluding steroid dienone is 2. The highest BCUT2D eigenvalue weighted by atomic mass is 19.4. The molecular weight excluding hydrogens is 429 g/mol. The maximum atomic E-state index is 13.6. The van der Waals surface area contributed by atoms with E-state index >= 15 is 0 Å². The van der Waals surface area contributed by atoms with Crippen LogP contribution in [0.15, 0.2) is 61.2 Å². The zero-order valence-corrected chi connectivity index (χ0v) is 18.6. The lowest BCUT2D eigenvalue weighted by Gasteiger charge is -2.19. The molecule has 3 rings (SSSR count). The summed E-state index contributed by atoms with van der Waals surface area (Å²) in [4.78, 5) is 11.0. The average Bonchev–Trinajstić information content (AvgIpc) is 2.97. The number of unbranched alkanes of at least 4 members (excludes halogenated alkanes) is 2. The van der Waals surface area contributed by atoms with E-state index in [4.69, 9.17) is 9.47 Å². The second kappa shape index (κ2) is 11.7. The minimum absolute atomic E-state index is 0.333. The Balaban J connectivity index is 1.77. The number of hydrogen-bond acceptors (Lipinski definition) is 3. The van der Waals surface area contributed by atoms with Crippen molar-refractivity contribution in [2.24, 2.45) is 0 Å². The number of carbonyl (C=O) groups excluding carboxylic acids is 1. The molecule has 0 bridgehead atoms. The first-order valence-electron chi connectivity index (χ1n) is 11.3. The van der Waals surface area contributed by atoms with Crippen LogP contribution in [-0.4, -0.2) is 25.4 Å². The number of rotatable bonds is 10. The van der Waals surface area contributed by atoms with Crippen molar-refractivity contribution in [3.8, 4) is 5.75 Å². The lowest BCUT2D eigenvalue weighted by atomic mass is 9.90. The largest absolute Gasteiger partial charge is 0.493 e. The molecule has 1 aliphatic carbocycles. The molecule has 0 aliphatic heterocycles. The van der Waals surface area contributed by atoms with Crippen LogP contribution in [0.2, 0.25) is 0 Å². The van der Waals surface area contributed by atoms with Gasteiger partial charge in [-0.25, -0.2) is 4.79 Å². The fourth-order valence-corrected chi connectivity index (χ4v) is 4.15. The van der Waals surface area contributed by atoms with Crippen molar-refractivity contribution in [2.45, 2.75) is 51.1 Å². The predicted molar refractivity (Wildman–Crippen MR) is 124 cm³/mol. The summed E-state index contributed by atoms with van der Waals surface area (Å²) in [6, 6.07) is 14.7. The van der Waals surface area contributed by atoms with Gasteiger partial charge >= 0.3 is 12.1 Å². The molecule has 2 aromatic carbocycles. The maximum absolute atomic E-state index is 13.6. The van der Waals surface area contributed by atoms with E-state index in [1.54, 1.807) is 12.1 Å². The third-order valence-electron chi connectivity index (χ3n) is 5.63. The molecule has 0 N–H and O–H groups in total. The van der Waals surface area contributed by atoms with Crippen LogP contribution in [-0.2, 0) is 16.0 Å². The first-order valence-corrected chi connectivity index (χ1v) is 11.3. The molecule has 0 radical (unpaired) electrons. The Labute approximate surface area is 192 Å². The predicted octanol–water partition coefficient (Wildman–Crippen LogP) is 7.16. The summed E-state index contributed by atoms with van der Waals surface area (Å²) in [6.45, 7) is 4.14. The Morgan fingerprint density at radius 2 is 1.73 bits per heavy atom. The van der Waals surface area contributed by atoms with Crippen LogP contribution in [0.4, 0.5) is 13.2 Å². The summed E-state index contributed by atoms with van der Waals surface area (Å²) in [5.74, 6) is 0.218. The maximum Gasteiger partial charge on any atom is 0.393 e. The number of carbonyl (C=O) groups is 1. The van der Waals surface area contributed by atoms with Gasteiger partial charge in [-0.15, -0.1) is 0 Å². The van der Waals surface area contributed by atoms with Crippen LogP contribution in [0.3, 0.4) is 0 Å². The van der Waals surface area contributed by atoms with Gasteiger partial charge in [-0.05, 0) is 66.9 Å². The average molecular weight is 459 g/mol. The molecule has 0 fully saturated rings. The summed E-state index contributed by atoms with van der Waals surface area (Å²) in [6.07, 6.45) is 0.178. The van der Waals surface area contributed by atoms with E-state index in [1.165, 1.54) is 0 Å². The van der Waals surface area contributed by atoms with Gasteiger partial charge < -0.3 is 9.47 Å². The van der Waals surface area contributed by atoms with Crippen molar-refractivity contribution in [1.29, 1.82) is 0 Å². The summed E-state index contributed by atoms with van der Waals surface area (Å²) in [7, 11) is 0. The highest BCUT2D eigenvalue weighted by molar-refractivity contribution is 5.93. The number of alkyl halides is 3. The van der Waals surface area contributed by atoms with Gasteiger partial charge in [0.15, 0.2) is 0 Å². The standard InChI is InChI=1S/C27H29F3O3/c1-2-26(31)33-18-8-4-7-17-32-25-16-10-14-22-23(25)15-9-13-21(20-11-5-3-6-12-20)24(22)19-27(28,29)30/h2-3,5-6,10-12,14,16H,1,4,7-9,13,15,17-19H2. The van der Waals surface area contributed by atoms with Crippen molar-refractivity contribution in [1.82, 2.24) is 0 Å². The summed E-state index contributed by atoms with van der Waals surface area (Å²) in [5, 5.41) is 0. The second-order valence-electron chi connectivity index (χ2n) is 8.03. The normalized spacial score (nSPS) is 13.8. The molecule has 2 aromatic rings. The van der Waals surface area contributed by atoms with E-state index in [2.05, 4.69) is 6.58 Å². The summed E-state index contributed by atoms with van der Waals surface area (Å²) in [5.41, 5.74) is 3.43. The molecule has 1 aliphatic rings. The van der Waals surface area contributed by atoms with Crippen molar-refractivity contribution in [3.63, 3.8) is 0 Å². The van der Waals surface area contributed by atoms with Gasteiger partial charge in [0.1, 0.15) is 5.75 Å². The molecule has 0 saturated heterocycles. The minimum atomic E-state index is -4.30. The van der Waals surface area contributed by atoms with E-state index in [1.807, 2.05) is 36.4 Å². The van der Waals surface area contributed by atoms with Crippen LogP contribution in [0.5, 0.6) is 5.75 Å². The first kappa shape index (κ1) is 24.6. The molecule has 33 heavy (non-hydrogen) atoms. The van der Waals surface area contributed by atoms with E-state index in [0.29, 0.717) is 42.9 Å². The highest BCUT2D eigenvalue weighted by Gasteiger charge is 2.33. The van der Waals surface area contributed by atoms with Gasteiger partial charge in [-0.2, -0.15) is 13.2 Å². The topological polar surface area (TPSA) is 35.5 Å². The molecule has 3 nitrogen and oxygen atoms in total. The van der Waals surface area contributed by atoms with E-state index < -0.39 is 18.6 Å². The highest BCUT2D eigenvalue weighted by Crippen LogP contribution is 2.43. The van der Waals surface area contributed by atoms with Crippen molar-refractivity contribution >= 4 is 17.1 Å². The van der Waals surface area contributed by atoms with Gasteiger partial charge in [0.2, 0.25) is 0 Å². The van der Waals surface area contributed by atoms with Crippen molar-refractivity contribution < 1.29 is 27.4 Å². The van der Waals surface area contributed by atoms with Crippen LogP contribution < -0.4 is 4.74 Å². The number of fused-ring (bicyclic) bond motifs is 1. The zero-order chi connectivity index (χ0) is 23.7. The molecule has 0 amide bonds. The third kappa shape index (κ3) is 7.24.